The molecule has 0 aromatic heterocycles. The molecular formula is C20H22ClN3O3. The van der Waals surface area contributed by atoms with Gasteiger partial charge >= 0.3 is 0 Å². The van der Waals surface area contributed by atoms with Crippen LogP contribution < -0.4 is 0 Å². The van der Waals surface area contributed by atoms with E-state index in [2.05, 4.69) is 5.16 Å². The summed E-state index contributed by atoms with van der Waals surface area (Å²) in [6.45, 7) is 1.14. The van der Waals surface area contributed by atoms with Gasteiger partial charge in [-0.1, -0.05) is 35.0 Å². The topological polar surface area (TPSA) is 62.2 Å². The van der Waals surface area contributed by atoms with Crippen LogP contribution in [0.5, 0.6) is 0 Å². The van der Waals surface area contributed by atoms with Crippen LogP contribution in [-0.4, -0.2) is 60.6 Å². The average Bonchev–Trinajstić information content (AvgIpc) is 3.35. The third-order valence-electron chi connectivity index (χ3n) is 6.70. The van der Waals surface area contributed by atoms with Gasteiger partial charge in [0.2, 0.25) is 11.8 Å². The van der Waals surface area contributed by atoms with Crippen molar-refractivity contribution in [1.29, 1.82) is 0 Å². The lowest BCUT2D eigenvalue weighted by atomic mass is 9.71. The van der Waals surface area contributed by atoms with E-state index in [0.29, 0.717) is 18.1 Å². The molecule has 2 saturated carbocycles. The van der Waals surface area contributed by atoms with E-state index in [0.717, 1.165) is 17.7 Å². The summed E-state index contributed by atoms with van der Waals surface area (Å²) in [4.78, 5) is 35.3. The molecule has 6 atom stereocenters. The second kappa shape index (κ2) is 6.04. The molecule has 2 amide bonds. The second-order valence-corrected chi connectivity index (χ2v) is 8.71. The van der Waals surface area contributed by atoms with Crippen LogP contribution >= 0.6 is 11.6 Å². The third kappa shape index (κ3) is 2.32. The summed E-state index contributed by atoms with van der Waals surface area (Å²) in [6.07, 6.45) is 0.737. The number of likely N-dealkylation sites (tertiary alicyclic amines) is 1. The van der Waals surface area contributed by atoms with Crippen LogP contribution in [0.15, 0.2) is 29.4 Å². The predicted octanol–water partition coefficient (Wildman–Crippen LogP) is 1.87. The Balaban J connectivity index is 1.44. The molecule has 0 spiro atoms. The minimum absolute atomic E-state index is 0.0109. The molecule has 3 fully saturated rings. The van der Waals surface area contributed by atoms with Crippen LogP contribution in [-0.2, 0) is 14.4 Å². The van der Waals surface area contributed by atoms with Crippen molar-refractivity contribution in [3.05, 3.63) is 34.9 Å². The minimum atomic E-state index is -0.244. The number of imide groups is 1. The maximum atomic E-state index is 13.1. The van der Waals surface area contributed by atoms with Gasteiger partial charge < -0.3 is 9.74 Å². The van der Waals surface area contributed by atoms with E-state index in [4.69, 9.17) is 16.4 Å². The lowest BCUT2D eigenvalue weighted by molar-refractivity contribution is -0.141. The molecule has 7 heteroatoms. The quantitative estimate of drug-likeness (QED) is 0.740. The molecule has 6 nitrogen and oxygen atoms in total. The number of hydrogen-bond acceptors (Lipinski definition) is 5. The van der Waals surface area contributed by atoms with Gasteiger partial charge in [-0.05, 0) is 32.5 Å². The number of hydrogen-bond donors (Lipinski definition) is 0. The zero-order valence-electron chi connectivity index (χ0n) is 15.3. The van der Waals surface area contributed by atoms with Gasteiger partial charge in [0.1, 0.15) is 6.10 Å². The molecule has 5 rings (SSSR count). The van der Waals surface area contributed by atoms with Gasteiger partial charge in [0.15, 0.2) is 0 Å². The molecule has 0 unspecified atom stereocenters. The number of likely N-dealkylation sites (N-methyl/N-ethyl adjacent to an activating group) is 1. The van der Waals surface area contributed by atoms with Crippen molar-refractivity contribution in [2.45, 2.75) is 12.5 Å². The van der Waals surface area contributed by atoms with Crippen molar-refractivity contribution in [3.8, 4) is 0 Å². The van der Waals surface area contributed by atoms with E-state index in [-0.39, 0.29) is 47.5 Å². The van der Waals surface area contributed by atoms with Gasteiger partial charge in [0.25, 0.3) is 0 Å². The van der Waals surface area contributed by atoms with E-state index < -0.39 is 0 Å². The zero-order chi connectivity index (χ0) is 18.9. The second-order valence-electron chi connectivity index (χ2n) is 8.30. The number of carbonyl (C=O) groups excluding carboxylic acids is 2. The molecule has 2 aliphatic carbocycles. The number of amides is 2. The summed E-state index contributed by atoms with van der Waals surface area (Å²) in [5.74, 6) is -0.303. The Kier molecular flexibility index (Phi) is 3.85. The van der Waals surface area contributed by atoms with Crippen molar-refractivity contribution < 1.29 is 14.4 Å². The average molecular weight is 388 g/mol. The van der Waals surface area contributed by atoms with E-state index in [1.165, 1.54) is 4.90 Å². The van der Waals surface area contributed by atoms with Crippen LogP contribution in [0.4, 0.5) is 0 Å². The van der Waals surface area contributed by atoms with E-state index in [1.54, 1.807) is 0 Å². The summed E-state index contributed by atoms with van der Waals surface area (Å²) in [6, 6.07) is 7.61. The van der Waals surface area contributed by atoms with Gasteiger partial charge in [-0.2, -0.15) is 0 Å². The van der Waals surface area contributed by atoms with Crippen LogP contribution in [0, 0.1) is 29.6 Å². The van der Waals surface area contributed by atoms with Crippen molar-refractivity contribution in [2.75, 3.05) is 27.2 Å². The summed E-state index contributed by atoms with van der Waals surface area (Å²) in [5, 5.41) is 4.98. The first-order chi connectivity index (χ1) is 13.0. The highest BCUT2D eigenvalue weighted by atomic mass is 35.5. The molecular weight excluding hydrogens is 366 g/mol. The molecule has 27 heavy (non-hydrogen) atoms. The van der Waals surface area contributed by atoms with E-state index in [1.807, 2.05) is 43.3 Å². The highest BCUT2D eigenvalue weighted by Crippen LogP contribution is 2.61. The molecule has 1 saturated heterocycles. The van der Waals surface area contributed by atoms with E-state index >= 15 is 0 Å². The number of carbonyl (C=O) groups is 2. The highest BCUT2D eigenvalue weighted by molar-refractivity contribution is 6.34. The minimum Gasteiger partial charge on any atom is -0.391 e. The van der Waals surface area contributed by atoms with Crippen LogP contribution in [0.25, 0.3) is 0 Å². The molecule has 2 bridgehead atoms. The summed E-state index contributed by atoms with van der Waals surface area (Å²) >= 11 is 6.38. The zero-order valence-corrected chi connectivity index (χ0v) is 16.1. The van der Waals surface area contributed by atoms with Crippen molar-refractivity contribution in [3.63, 3.8) is 0 Å². The lowest BCUT2D eigenvalue weighted by Crippen LogP contribution is -2.41. The fourth-order valence-electron chi connectivity index (χ4n) is 5.60. The summed E-state index contributed by atoms with van der Waals surface area (Å²) in [7, 11) is 3.89. The molecule has 142 valence electrons. The molecule has 2 aliphatic heterocycles. The number of nitrogens with zero attached hydrogens (tertiary/aromatic N) is 3. The number of fused-ring (bicyclic) bond motifs is 8. The standard InChI is InChI=1S/C20H22ClN3O3/c1-23(2)7-8-24-19(25)14-11-9-12(15(14)20(24)26)18-16(11)17(22-27-18)10-5-3-4-6-13(10)21/h3-6,11-12,14-16,18H,7-9H2,1-2H3/t11-,12+,14+,15-,16+,18+/m0/s1. The maximum absolute atomic E-state index is 13.1. The lowest BCUT2D eigenvalue weighted by Gasteiger charge is -2.30. The first-order valence-electron chi connectivity index (χ1n) is 9.47. The number of benzene rings is 1. The Morgan fingerprint density at radius 2 is 1.85 bits per heavy atom. The molecule has 1 aromatic rings. The van der Waals surface area contributed by atoms with Crippen LogP contribution in [0.2, 0.25) is 5.02 Å². The largest absolute Gasteiger partial charge is 0.391 e. The first kappa shape index (κ1) is 17.2. The molecule has 4 aliphatic rings. The molecule has 0 N–H and O–H groups in total. The Hall–Kier alpha value is -1.92. The number of oxime groups is 1. The van der Waals surface area contributed by atoms with Crippen LogP contribution in [0.3, 0.4) is 0 Å². The third-order valence-corrected chi connectivity index (χ3v) is 7.03. The fourth-order valence-corrected chi connectivity index (χ4v) is 5.83. The summed E-state index contributed by atoms with van der Waals surface area (Å²) in [5.41, 5.74) is 1.71. The molecule has 2 heterocycles. The number of rotatable bonds is 4. The summed E-state index contributed by atoms with van der Waals surface area (Å²) < 4.78 is 0. The van der Waals surface area contributed by atoms with Gasteiger partial charge in [0, 0.05) is 35.5 Å². The Morgan fingerprint density at radius 1 is 1.15 bits per heavy atom. The van der Waals surface area contributed by atoms with Gasteiger partial charge in [-0.15, -0.1) is 0 Å². The molecule has 0 radical (unpaired) electrons. The SMILES string of the molecule is CN(C)CCN1C(=O)[C@@H]2[C@@H]3C[C@@H]([C@H]4ON=C(c5ccccc5Cl)[C@@H]34)[C@@H]2C1=O. The van der Waals surface area contributed by atoms with Gasteiger partial charge in [-0.3, -0.25) is 14.5 Å². The highest BCUT2D eigenvalue weighted by Gasteiger charge is 2.70. The van der Waals surface area contributed by atoms with Gasteiger partial charge in [0.05, 0.1) is 17.5 Å². The van der Waals surface area contributed by atoms with E-state index in [9.17, 15) is 9.59 Å². The van der Waals surface area contributed by atoms with Crippen LogP contribution in [0.1, 0.15) is 12.0 Å². The normalized spacial score (nSPS) is 36.3. The Labute approximate surface area is 163 Å². The number of halogens is 1. The monoisotopic (exact) mass is 387 g/mol. The smallest absolute Gasteiger partial charge is 0.233 e. The van der Waals surface area contributed by atoms with Crippen molar-refractivity contribution >= 4 is 29.1 Å². The Morgan fingerprint density at radius 3 is 2.56 bits per heavy atom. The van der Waals surface area contributed by atoms with Crippen molar-refractivity contribution in [1.82, 2.24) is 9.80 Å². The maximum Gasteiger partial charge on any atom is 0.233 e. The first-order valence-corrected chi connectivity index (χ1v) is 9.85. The fraction of sp³-hybridized carbons (Fsp3) is 0.550. The van der Waals surface area contributed by atoms with Crippen molar-refractivity contribution in [2.24, 2.45) is 34.7 Å². The Bertz CT molecular complexity index is 855. The van der Waals surface area contributed by atoms with Gasteiger partial charge in [-0.25, -0.2) is 0 Å². The predicted molar refractivity (Wildman–Crippen MR) is 100 cm³/mol. The molecule has 1 aromatic carbocycles.